The van der Waals surface area contributed by atoms with E-state index in [9.17, 15) is 0 Å². The van der Waals surface area contributed by atoms with Crippen molar-refractivity contribution < 1.29 is 0 Å². The Bertz CT molecular complexity index is 143. The largest absolute Gasteiger partial charge is 0.315 e. The molecule has 2 nitrogen and oxygen atoms in total. The topological polar surface area (TPSA) is 24.1 Å². The van der Waals surface area contributed by atoms with Crippen LogP contribution in [0.2, 0.25) is 0 Å². The predicted octanol–water partition coefficient (Wildman–Crippen LogP) is 2.01. The normalized spacial score (nSPS) is 20.8. The molecule has 1 aliphatic carbocycles. The van der Waals surface area contributed by atoms with Crippen molar-refractivity contribution in [3.63, 3.8) is 0 Å². The van der Waals surface area contributed by atoms with Crippen molar-refractivity contribution in [3.05, 3.63) is 0 Å². The number of nitrogens with one attached hydrogen (secondary N) is 2. The van der Waals surface area contributed by atoms with Gasteiger partial charge in [-0.05, 0) is 51.1 Å². The van der Waals surface area contributed by atoms with Gasteiger partial charge in [0.05, 0.1) is 0 Å². The summed E-state index contributed by atoms with van der Waals surface area (Å²) in [4.78, 5) is 0. The number of hydrogen-bond donors (Lipinski definition) is 2. The molecule has 2 unspecified atom stereocenters. The van der Waals surface area contributed by atoms with Crippen molar-refractivity contribution in [2.45, 2.75) is 46.1 Å². The van der Waals surface area contributed by atoms with Gasteiger partial charge in [-0.15, -0.1) is 0 Å². The van der Waals surface area contributed by atoms with Crippen LogP contribution in [0.25, 0.3) is 0 Å². The fourth-order valence-corrected chi connectivity index (χ4v) is 1.79. The van der Waals surface area contributed by atoms with Gasteiger partial charge in [-0.25, -0.2) is 0 Å². The number of rotatable bonds is 8. The first-order chi connectivity index (χ1) is 6.74. The first-order valence-electron chi connectivity index (χ1n) is 6.18. The van der Waals surface area contributed by atoms with E-state index in [1.54, 1.807) is 0 Å². The molecular formula is C12H26N2. The zero-order chi connectivity index (χ0) is 10.4. The van der Waals surface area contributed by atoms with E-state index in [1.807, 2.05) is 0 Å². The van der Waals surface area contributed by atoms with E-state index in [2.05, 4.69) is 31.4 Å². The molecule has 0 aromatic carbocycles. The zero-order valence-corrected chi connectivity index (χ0v) is 9.97. The van der Waals surface area contributed by atoms with Gasteiger partial charge >= 0.3 is 0 Å². The van der Waals surface area contributed by atoms with E-state index in [1.165, 1.54) is 25.8 Å². The highest BCUT2D eigenvalue weighted by molar-refractivity contribution is 4.80. The van der Waals surface area contributed by atoms with Gasteiger partial charge in [0.25, 0.3) is 0 Å². The maximum atomic E-state index is 3.60. The van der Waals surface area contributed by atoms with Gasteiger partial charge in [-0.3, -0.25) is 0 Å². The van der Waals surface area contributed by atoms with Gasteiger partial charge in [-0.1, -0.05) is 13.8 Å². The summed E-state index contributed by atoms with van der Waals surface area (Å²) in [6.45, 7) is 10.3. The van der Waals surface area contributed by atoms with Crippen LogP contribution in [0.5, 0.6) is 0 Å². The minimum atomic E-state index is 0.614. The monoisotopic (exact) mass is 198 g/mol. The maximum Gasteiger partial charge on any atom is 0.0164 e. The van der Waals surface area contributed by atoms with Crippen LogP contribution in [-0.4, -0.2) is 25.7 Å². The molecule has 0 aromatic rings. The molecule has 0 bridgehead atoms. The molecule has 1 fully saturated rings. The summed E-state index contributed by atoms with van der Waals surface area (Å²) >= 11 is 0. The molecule has 0 aliphatic heterocycles. The van der Waals surface area contributed by atoms with E-state index in [0.29, 0.717) is 6.04 Å². The highest BCUT2D eigenvalue weighted by Crippen LogP contribution is 2.36. The molecule has 2 heteroatoms. The first-order valence-corrected chi connectivity index (χ1v) is 6.18. The van der Waals surface area contributed by atoms with Crippen LogP contribution >= 0.6 is 0 Å². The van der Waals surface area contributed by atoms with Crippen LogP contribution in [0, 0.1) is 11.8 Å². The molecule has 14 heavy (non-hydrogen) atoms. The summed E-state index contributed by atoms with van der Waals surface area (Å²) in [6.07, 6.45) is 4.15. The lowest BCUT2D eigenvalue weighted by Gasteiger charge is -2.17. The molecule has 0 saturated heterocycles. The second-order valence-electron chi connectivity index (χ2n) is 4.83. The third kappa shape index (κ3) is 4.97. The summed E-state index contributed by atoms with van der Waals surface area (Å²) in [5.74, 6) is 1.90. The summed E-state index contributed by atoms with van der Waals surface area (Å²) in [5.41, 5.74) is 0. The van der Waals surface area contributed by atoms with Gasteiger partial charge < -0.3 is 10.6 Å². The second kappa shape index (κ2) is 6.41. The first kappa shape index (κ1) is 12.0. The Morgan fingerprint density at radius 2 is 1.93 bits per heavy atom. The van der Waals surface area contributed by atoms with Crippen LogP contribution in [0.4, 0.5) is 0 Å². The van der Waals surface area contributed by atoms with E-state index < -0.39 is 0 Å². The summed E-state index contributed by atoms with van der Waals surface area (Å²) in [6, 6.07) is 0.614. The third-order valence-electron chi connectivity index (χ3n) is 3.09. The Kier molecular flexibility index (Phi) is 5.49. The summed E-state index contributed by atoms with van der Waals surface area (Å²) < 4.78 is 0. The average molecular weight is 198 g/mol. The van der Waals surface area contributed by atoms with Crippen molar-refractivity contribution in [1.29, 1.82) is 0 Å². The van der Waals surface area contributed by atoms with Crippen molar-refractivity contribution in [1.82, 2.24) is 10.6 Å². The van der Waals surface area contributed by atoms with Gasteiger partial charge in [0.1, 0.15) is 0 Å². The van der Waals surface area contributed by atoms with Gasteiger partial charge in [0.15, 0.2) is 0 Å². The molecule has 2 N–H and O–H groups in total. The fraction of sp³-hybridized carbons (Fsp3) is 1.00. The Morgan fingerprint density at radius 1 is 1.21 bits per heavy atom. The predicted molar refractivity (Wildman–Crippen MR) is 62.5 cm³/mol. The standard InChI is InChI=1S/C12H26N2/c1-4-7-13-9-11(3)14-8-10(2)12-5-6-12/h10-14H,4-9H2,1-3H3. The molecule has 0 radical (unpaired) electrons. The van der Waals surface area contributed by atoms with Gasteiger partial charge in [0.2, 0.25) is 0 Å². The molecule has 2 atom stereocenters. The van der Waals surface area contributed by atoms with E-state index in [0.717, 1.165) is 24.9 Å². The Balaban J connectivity index is 1.93. The lowest BCUT2D eigenvalue weighted by atomic mass is 10.1. The van der Waals surface area contributed by atoms with Gasteiger partial charge in [0, 0.05) is 12.6 Å². The van der Waals surface area contributed by atoms with E-state index >= 15 is 0 Å². The zero-order valence-electron chi connectivity index (χ0n) is 9.97. The van der Waals surface area contributed by atoms with Crippen LogP contribution in [-0.2, 0) is 0 Å². The maximum absolute atomic E-state index is 3.60. The lowest BCUT2D eigenvalue weighted by molar-refractivity contribution is 0.415. The highest BCUT2D eigenvalue weighted by Gasteiger charge is 2.27. The SMILES string of the molecule is CCCNCC(C)NCC(C)C1CC1. The quantitative estimate of drug-likeness (QED) is 0.583. The van der Waals surface area contributed by atoms with E-state index in [4.69, 9.17) is 0 Å². The molecule has 0 heterocycles. The third-order valence-corrected chi connectivity index (χ3v) is 3.09. The molecule has 0 spiro atoms. The van der Waals surface area contributed by atoms with E-state index in [-0.39, 0.29) is 0 Å². The van der Waals surface area contributed by atoms with Crippen molar-refractivity contribution in [2.75, 3.05) is 19.6 Å². The van der Waals surface area contributed by atoms with Crippen molar-refractivity contribution in [2.24, 2.45) is 11.8 Å². The van der Waals surface area contributed by atoms with Crippen LogP contribution in [0.1, 0.15) is 40.0 Å². The van der Waals surface area contributed by atoms with Crippen molar-refractivity contribution >= 4 is 0 Å². The lowest BCUT2D eigenvalue weighted by Crippen LogP contribution is -2.38. The molecule has 1 aliphatic rings. The Morgan fingerprint density at radius 3 is 2.50 bits per heavy atom. The Labute approximate surface area is 88.8 Å². The molecule has 84 valence electrons. The fourth-order valence-electron chi connectivity index (χ4n) is 1.79. The summed E-state index contributed by atoms with van der Waals surface area (Å²) in [7, 11) is 0. The second-order valence-corrected chi connectivity index (χ2v) is 4.83. The van der Waals surface area contributed by atoms with Crippen LogP contribution in [0.15, 0.2) is 0 Å². The molecule has 1 saturated carbocycles. The minimum Gasteiger partial charge on any atom is -0.315 e. The smallest absolute Gasteiger partial charge is 0.0164 e. The van der Waals surface area contributed by atoms with Crippen molar-refractivity contribution in [3.8, 4) is 0 Å². The number of hydrogen-bond acceptors (Lipinski definition) is 2. The van der Waals surface area contributed by atoms with Crippen LogP contribution < -0.4 is 10.6 Å². The molecule has 0 amide bonds. The van der Waals surface area contributed by atoms with Gasteiger partial charge in [-0.2, -0.15) is 0 Å². The molecule has 1 rings (SSSR count). The average Bonchev–Trinajstić information content (AvgIpc) is 2.98. The Hall–Kier alpha value is -0.0800. The summed E-state index contributed by atoms with van der Waals surface area (Å²) in [5, 5.41) is 7.04. The molecule has 0 aromatic heterocycles. The minimum absolute atomic E-state index is 0.614. The molecular weight excluding hydrogens is 172 g/mol. The van der Waals surface area contributed by atoms with Crippen LogP contribution in [0.3, 0.4) is 0 Å². The highest BCUT2D eigenvalue weighted by atomic mass is 15.0.